The molecule has 2 aromatic carbocycles. The van der Waals surface area contributed by atoms with Crippen molar-refractivity contribution in [2.45, 2.75) is 25.9 Å². The van der Waals surface area contributed by atoms with Crippen LogP contribution in [0, 0.1) is 0 Å². The number of amides is 1. The molecule has 0 saturated carbocycles. The Hall–Kier alpha value is -2.51. The average molecular weight is 397 g/mol. The standard InChI is InChI=1S/C21H24N4O2S/c1-24(14-17-6-9-19-20(12-17)23-28-22-19)13-16-4-7-18(8-5-16)27-15-21(26)25-10-2-3-11-25/h4-9,12H,2-3,10-11,13-15H2,1H3. The Morgan fingerprint density at radius 3 is 2.50 bits per heavy atom. The summed E-state index contributed by atoms with van der Waals surface area (Å²) in [7, 11) is 2.10. The van der Waals surface area contributed by atoms with Crippen LogP contribution in [0.15, 0.2) is 42.5 Å². The van der Waals surface area contributed by atoms with Gasteiger partial charge in [-0.25, -0.2) is 0 Å². The molecule has 0 atom stereocenters. The summed E-state index contributed by atoms with van der Waals surface area (Å²) >= 11 is 1.25. The predicted octanol–water partition coefficient (Wildman–Crippen LogP) is 3.32. The SMILES string of the molecule is CN(Cc1ccc(OCC(=O)N2CCCC2)cc1)Cc1ccc2nsnc2c1. The number of benzene rings is 2. The fourth-order valence-electron chi connectivity index (χ4n) is 3.50. The number of nitrogens with zero attached hydrogens (tertiary/aromatic N) is 4. The highest BCUT2D eigenvalue weighted by Gasteiger charge is 2.18. The molecule has 0 N–H and O–H groups in total. The van der Waals surface area contributed by atoms with E-state index in [9.17, 15) is 4.79 Å². The van der Waals surface area contributed by atoms with Crippen LogP contribution in [-0.4, -0.2) is 51.2 Å². The van der Waals surface area contributed by atoms with E-state index in [0.717, 1.165) is 55.8 Å². The first-order chi connectivity index (χ1) is 13.7. The molecule has 7 heteroatoms. The molecule has 0 radical (unpaired) electrons. The summed E-state index contributed by atoms with van der Waals surface area (Å²) in [6, 6.07) is 14.2. The Bertz CT molecular complexity index is 935. The number of hydrogen-bond donors (Lipinski definition) is 0. The Balaban J connectivity index is 1.27. The zero-order valence-electron chi connectivity index (χ0n) is 16.0. The summed E-state index contributed by atoms with van der Waals surface area (Å²) in [5.74, 6) is 0.814. The van der Waals surface area contributed by atoms with E-state index < -0.39 is 0 Å². The average Bonchev–Trinajstić information content (AvgIpc) is 3.38. The number of ether oxygens (including phenoxy) is 1. The first-order valence-corrected chi connectivity index (χ1v) is 10.3. The van der Waals surface area contributed by atoms with E-state index in [4.69, 9.17) is 4.74 Å². The maximum absolute atomic E-state index is 12.1. The minimum Gasteiger partial charge on any atom is -0.484 e. The summed E-state index contributed by atoms with van der Waals surface area (Å²) in [6.07, 6.45) is 2.20. The van der Waals surface area contributed by atoms with Crippen molar-refractivity contribution in [2.24, 2.45) is 0 Å². The number of carbonyl (C=O) groups excluding carboxylic acids is 1. The van der Waals surface area contributed by atoms with Crippen molar-refractivity contribution in [2.75, 3.05) is 26.7 Å². The molecule has 0 aliphatic carbocycles. The minimum atomic E-state index is 0.0774. The molecule has 3 aromatic rings. The predicted molar refractivity (Wildman–Crippen MR) is 110 cm³/mol. The third kappa shape index (κ3) is 4.66. The van der Waals surface area contributed by atoms with Crippen molar-refractivity contribution in [1.29, 1.82) is 0 Å². The summed E-state index contributed by atoms with van der Waals surface area (Å²) < 4.78 is 14.2. The molecule has 1 saturated heterocycles. The zero-order valence-corrected chi connectivity index (χ0v) is 16.8. The monoisotopic (exact) mass is 396 g/mol. The van der Waals surface area contributed by atoms with Gasteiger partial charge in [-0.1, -0.05) is 18.2 Å². The largest absolute Gasteiger partial charge is 0.484 e. The molecule has 0 spiro atoms. The van der Waals surface area contributed by atoms with Crippen LogP contribution in [0.5, 0.6) is 5.75 Å². The number of carbonyl (C=O) groups is 1. The van der Waals surface area contributed by atoms with Crippen LogP contribution >= 0.6 is 11.7 Å². The van der Waals surface area contributed by atoms with Gasteiger partial charge in [0.25, 0.3) is 5.91 Å². The second kappa shape index (κ2) is 8.67. The molecule has 1 fully saturated rings. The highest BCUT2D eigenvalue weighted by Crippen LogP contribution is 2.17. The molecular weight excluding hydrogens is 372 g/mol. The van der Waals surface area contributed by atoms with Gasteiger partial charge in [0.05, 0.1) is 11.7 Å². The van der Waals surface area contributed by atoms with Crippen molar-refractivity contribution >= 4 is 28.7 Å². The summed E-state index contributed by atoms with van der Waals surface area (Å²) in [6.45, 7) is 3.52. The van der Waals surface area contributed by atoms with Gasteiger partial charge in [0.2, 0.25) is 0 Å². The van der Waals surface area contributed by atoms with Crippen molar-refractivity contribution in [3.05, 3.63) is 53.6 Å². The highest BCUT2D eigenvalue weighted by molar-refractivity contribution is 7.00. The van der Waals surface area contributed by atoms with Gasteiger partial charge in [-0.15, -0.1) is 0 Å². The van der Waals surface area contributed by atoms with E-state index >= 15 is 0 Å². The summed E-state index contributed by atoms with van der Waals surface area (Å²) in [5, 5.41) is 0. The van der Waals surface area contributed by atoms with Crippen LogP contribution in [0.4, 0.5) is 0 Å². The number of rotatable bonds is 7. The lowest BCUT2D eigenvalue weighted by molar-refractivity contribution is -0.132. The Morgan fingerprint density at radius 1 is 1.04 bits per heavy atom. The lowest BCUT2D eigenvalue weighted by Gasteiger charge is -2.17. The van der Waals surface area contributed by atoms with Gasteiger partial charge >= 0.3 is 0 Å². The summed E-state index contributed by atoms with van der Waals surface area (Å²) in [4.78, 5) is 16.2. The molecule has 4 rings (SSSR count). The van der Waals surface area contributed by atoms with Crippen LogP contribution in [0.3, 0.4) is 0 Å². The second-order valence-electron chi connectivity index (χ2n) is 7.28. The van der Waals surface area contributed by atoms with Gasteiger partial charge in [-0.3, -0.25) is 9.69 Å². The smallest absolute Gasteiger partial charge is 0.260 e. The number of likely N-dealkylation sites (tertiary alicyclic amines) is 1. The van der Waals surface area contributed by atoms with Gasteiger partial charge in [-0.05, 0) is 55.3 Å². The molecule has 28 heavy (non-hydrogen) atoms. The lowest BCUT2D eigenvalue weighted by Crippen LogP contribution is -2.32. The maximum Gasteiger partial charge on any atom is 0.260 e. The topological polar surface area (TPSA) is 58.6 Å². The second-order valence-corrected chi connectivity index (χ2v) is 7.81. The lowest BCUT2D eigenvalue weighted by atomic mass is 10.1. The fourth-order valence-corrected chi connectivity index (χ4v) is 4.02. The van der Waals surface area contributed by atoms with Gasteiger partial charge in [0.15, 0.2) is 6.61 Å². The summed E-state index contributed by atoms with van der Waals surface area (Å²) in [5.41, 5.74) is 4.34. The molecule has 1 aliphatic heterocycles. The van der Waals surface area contributed by atoms with Crippen LogP contribution in [0.25, 0.3) is 11.0 Å². The van der Waals surface area contributed by atoms with Crippen LogP contribution in [-0.2, 0) is 17.9 Å². The van der Waals surface area contributed by atoms with Crippen molar-refractivity contribution in [3.63, 3.8) is 0 Å². The molecule has 2 heterocycles. The Kier molecular flexibility index (Phi) is 5.83. The first kappa shape index (κ1) is 18.8. The zero-order chi connectivity index (χ0) is 19.3. The molecular formula is C21H24N4O2S. The first-order valence-electron chi connectivity index (χ1n) is 9.57. The van der Waals surface area contributed by atoms with Crippen molar-refractivity contribution in [1.82, 2.24) is 18.5 Å². The molecule has 146 valence electrons. The van der Waals surface area contributed by atoms with Crippen LogP contribution in [0.2, 0.25) is 0 Å². The number of aromatic nitrogens is 2. The maximum atomic E-state index is 12.1. The normalized spacial score (nSPS) is 14.1. The van der Waals surface area contributed by atoms with Crippen LogP contribution < -0.4 is 4.74 Å². The molecule has 0 unspecified atom stereocenters. The minimum absolute atomic E-state index is 0.0774. The Morgan fingerprint density at radius 2 is 1.71 bits per heavy atom. The van der Waals surface area contributed by atoms with E-state index in [1.807, 2.05) is 23.1 Å². The highest BCUT2D eigenvalue weighted by atomic mass is 32.1. The number of fused-ring (bicyclic) bond motifs is 1. The van der Waals surface area contributed by atoms with Crippen molar-refractivity contribution < 1.29 is 9.53 Å². The molecule has 1 aromatic heterocycles. The van der Waals surface area contributed by atoms with E-state index in [1.54, 1.807) is 0 Å². The quantitative estimate of drug-likeness (QED) is 0.613. The van der Waals surface area contributed by atoms with E-state index in [0.29, 0.717) is 0 Å². The third-order valence-electron chi connectivity index (χ3n) is 4.97. The number of hydrogen-bond acceptors (Lipinski definition) is 6. The van der Waals surface area contributed by atoms with Crippen LogP contribution in [0.1, 0.15) is 24.0 Å². The molecule has 1 aliphatic rings. The Labute approximate surface area is 169 Å². The third-order valence-corrected chi connectivity index (χ3v) is 5.52. The fraction of sp³-hybridized carbons (Fsp3) is 0.381. The molecule has 0 bridgehead atoms. The van der Waals surface area contributed by atoms with Crippen molar-refractivity contribution in [3.8, 4) is 5.75 Å². The van der Waals surface area contributed by atoms with E-state index in [1.165, 1.54) is 22.9 Å². The van der Waals surface area contributed by atoms with Gasteiger partial charge in [0.1, 0.15) is 16.8 Å². The van der Waals surface area contributed by atoms with E-state index in [2.05, 4.69) is 45.0 Å². The van der Waals surface area contributed by atoms with Gasteiger partial charge in [-0.2, -0.15) is 8.75 Å². The molecule has 6 nitrogen and oxygen atoms in total. The molecule has 1 amide bonds. The van der Waals surface area contributed by atoms with Gasteiger partial charge in [0, 0.05) is 26.2 Å². The van der Waals surface area contributed by atoms with Gasteiger partial charge < -0.3 is 9.64 Å². The van der Waals surface area contributed by atoms with E-state index in [-0.39, 0.29) is 12.5 Å².